The number of rotatable bonds is 8. The van der Waals surface area contributed by atoms with Crippen molar-refractivity contribution in [2.75, 3.05) is 26.2 Å². The summed E-state index contributed by atoms with van der Waals surface area (Å²) in [5, 5.41) is 3.55. The van der Waals surface area contributed by atoms with Crippen LogP contribution in [0.3, 0.4) is 0 Å². The molecule has 1 atom stereocenters. The Hall–Kier alpha value is -1.78. The highest BCUT2D eigenvalue weighted by Gasteiger charge is 2.21. The Bertz CT molecular complexity index is 519. The molecule has 1 aliphatic heterocycles. The summed E-state index contributed by atoms with van der Waals surface area (Å²) in [7, 11) is 0. The van der Waals surface area contributed by atoms with Gasteiger partial charge in [-0.1, -0.05) is 12.1 Å². The van der Waals surface area contributed by atoms with Crippen molar-refractivity contribution in [2.24, 2.45) is 0 Å². The zero-order chi connectivity index (χ0) is 16.5. The zero-order valence-corrected chi connectivity index (χ0v) is 14.4. The SMILES string of the molecule is c1ccc(CCCC2CNCCN2CCCc2ccccn2)nc1. The van der Waals surface area contributed by atoms with Crippen LogP contribution in [0.5, 0.6) is 0 Å². The molecule has 1 fully saturated rings. The van der Waals surface area contributed by atoms with E-state index in [9.17, 15) is 0 Å². The van der Waals surface area contributed by atoms with Gasteiger partial charge in [0.05, 0.1) is 0 Å². The Morgan fingerprint density at radius 3 is 2.33 bits per heavy atom. The third kappa shape index (κ3) is 5.39. The largest absolute Gasteiger partial charge is 0.314 e. The summed E-state index contributed by atoms with van der Waals surface area (Å²) >= 11 is 0. The molecule has 2 aromatic rings. The topological polar surface area (TPSA) is 41.0 Å². The molecule has 0 saturated carbocycles. The van der Waals surface area contributed by atoms with Crippen molar-refractivity contribution in [3.63, 3.8) is 0 Å². The minimum Gasteiger partial charge on any atom is -0.314 e. The molecule has 3 heterocycles. The van der Waals surface area contributed by atoms with E-state index in [1.807, 2.05) is 24.5 Å². The lowest BCUT2D eigenvalue weighted by atomic mass is 10.0. The van der Waals surface area contributed by atoms with Crippen molar-refractivity contribution in [3.05, 3.63) is 60.2 Å². The van der Waals surface area contributed by atoms with Gasteiger partial charge in [-0.05, 0) is 62.9 Å². The lowest BCUT2D eigenvalue weighted by Gasteiger charge is -2.36. The van der Waals surface area contributed by atoms with Gasteiger partial charge in [0, 0.05) is 49.5 Å². The summed E-state index contributed by atoms with van der Waals surface area (Å²) in [4.78, 5) is 11.5. The van der Waals surface area contributed by atoms with Gasteiger partial charge < -0.3 is 5.32 Å². The van der Waals surface area contributed by atoms with Crippen LogP contribution in [-0.2, 0) is 12.8 Å². The lowest BCUT2D eigenvalue weighted by Crippen LogP contribution is -2.51. The number of nitrogens with zero attached hydrogens (tertiary/aromatic N) is 3. The average molecular weight is 324 g/mol. The zero-order valence-electron chi connectivity index (χ0n) is 14.4. The van der Waals surface area contributed by atoms with Crippen molar-refractivity contribution >= 4 is 0 Å². The highest BCUT2D eigenvalue weighted by Crippen LogP contribution is 2.13. The molecule has 4 nitrogen and oxygen atoms in total. The van der Waals surface area contributed by atoms with E-state index in [4.69, 9.17) is 0 Å². The predicted octanol–water partition coefficient (Wildman–Crippen LogP) is 2.71. The molecule has 0 spiro atoms. The molecule has 2 aromatic heterocycles. The van der Waals surface area contributed by atoms with Crippen LogP contribution in [0, 0.1) is 0 Å². The second kappa shape index (κ2) is 9.50. The fraction of sp³-hybridized carbons (Fsp3) is 0.500. The summed E-state index contributed by atoms with van der Waals surface area (Å²) < 4.78 is 0. The van der Waals surface area contributed by atoms with E-state index in [-0.39, 0.29) is 0 Å². The van der Waals surface area contributed by atoms with Crippen molar-refractivity contribution in [1.82, 2.24) is 20.2 Å². The van der Waals surface area contributed by atoms with E-state index in [1.54, 1.807) is 0 Å². The number of nitrogens with one attached hydrogen (secondary N) is 1. The highest BCUT2D eigenvalue weighted by atomic mass is 15.2. The average Bonchev–Trinajstić information content (AvgIpc) is 2.65. The molecule has 128 valence electrons. The summed E-state index contributed by atoms with van der Waals surface area (Å²) in [5.74, 6) is 0. The lowest BCUT2D eigenvalue weighted by molar-refractivity contribution is 0.149. The Kier molecular flexibility index (Phi) is 6.75. The molecular weight excluding hydrogens is 296 g/mol. The second-order valence-electron chi connectivity index (χ2n) is 6.53. The normalized spacial score (nSPS) is 18.6. The van der Waals surface area contributed by atoms with Gasteiger partial charge >= 0.3 is 0 Å². The summed E-state index contributed by atoms with van der Waals surface area (Å²) in [6.45, 7) is 4.56. The Morgan fingerprint density at radius 2 is 1.67 bits per heavy atom. The summed E-state index contributed by atoms with van der Waals surface area (Å²) in [6.07, 6.45) is 9.58. The molecule has 3 rings (SSSR count). The van der Waals surface area contributed by atoms with Crippen LogP contribution >= 0.6 is 0 Å². The molecule has 24 heavy (non-hydrogen) atoms. The van der Waals surface area contributed by atoms with Crippen molar-refractivity contribution in [3.8, 4) is 0 Å². The Labute approximate surface area is 145 Å². The third-order valence-electron chi connectivity index (χ3n) is 4.77. The van der Waals surface area contributed by atoms with E-state index in [2.05, 4.69) is 44.5 Å². The van der Waals surface area contributed by atoms with Crippen molar-refractivity contribution in [1.29, 1.82) is 0 Å². The van der Waals surface area contributed by atoms with Crippen LogP contribution in [-0.4, -0.2) is 47.1 Å². The van der Waals surface area contributed by atoms with Gasteiger partial charge in [-0.15, -0.1) is 0 Å². The molecule has 1 unspecified atom stereocenters. The van der Waals surface area contributed by atoms with E-state index in [0.717, 1.165) is 32.5 Å². The molecule has 0 aliphatic carbocycles. The third-order valence-corrected chi connectivity index (χ3v) is 4.77. The fourth-order valence-electron chi connectivity index (χ4n) is 3.46. The first-order valence-electron chi connectivity index (χ1n) is 9.16. The molecule has 1 N–H and O–H groups in total. The minimum absolute atomic E-state index is 0.659. The van der Waals surface area contributed by atoms with Gasteiger partial charge in [0.2, 0.25) is 0 Å². The van der Waals surface area contributed by atoms with Crippen LogP contribution in [0.1, 0.15) is 30.7 Å². The van der Waals surface area contributed by atoms with Gasteiger partial charge in [-0.3, -0.25) is 14.9 Å². The Morgan fingerprint density at radius 1 is 0.958 bits per heavy atom. The highest BCUT2D eigenvalue weighted by molar-refractivity contribution is 5.04. The number of hydrogen-bond acceptors (Lipinski definition) is 4. The minimum atomic E-state index is 0.659. The van der Waals surface area contributed by atoms with E-state index in [0.29, 0.717) is 6.04 Å². The first-order valence-corrected chi connectivity index (χ1v) is 9.16. The molecule has 0 radical (unpaired) electrons. The maximum absolute atomic E-state index is 4.43. The van der Waals surface area contributed by atoms with Crippen LogP contribution in [0.15, 0.2) is 48.8 Å². The van der Waals surface area contributed by atoms with Gasteiger partial charge in [0.25, 0.3) is 0 Å². The number of hydrogen-bond donors (Lipinski definition) is 1. The molecule has 1 aliphatic rings. The maximum atomic E-state index is 4.43. The van der Waals surface area contributed by atoms with Crippen LogP contribution < -0.4 is 5.32 Å². The quantitative estimate of drug-likeness (QED) is 0.810. The monoisotopic (exact) mass is 324 g/mol. The van der Waals surface area contributed by atoms with Gasteiger partial charge in [-0.2, -0.15) is 0 Å². The first-order chi connectivity index (χ1) is 11.9. The number of pyridine rings is 2. The predicted molar refractivity (Wildman–Crippen MR) is 98.0 cm³/mol. The second-order valence-corrected chi connectivity index (χ2v) is 6.53. The van der Waals surface area contributed by atoms with Crippen molar-refractivity contribution < 1.29 is 0 Å². The Balaban J connectivity index is 1.41. The van der Waals surface area contributed by atoms with Gasteiger partial charge in [0.1, 0.15) is 0 Å². The van der Waals surface area contributed by atoms with Crippen LogP contribution in [0.4, 0.5) is 0 Å². The van der Waals surface area contributed by atoms with E-state index in [1.165, 1.54) is 37.2 Å². The number of piperazine rings is 1. The number of aryl methyl sites for hydroxylation is 2. The molecular formula is C20H28N4. The van der Waals surface area contributed by atoms with E-state index >= 15 is 0 Å². The molecule has 0 aromatic carbocycles. The van der Waals surface area contributed by atoms with Crippen LogP contribution in [0.2, 0.25) is 0 Å². The van der Waals surface area contributed by atoms with Crippen molar-refractivity contribution in [2.45, 2.75) is 38.1 Å². The molecule has 1 saturated heterocycles. The number of aromatic nitrogens is 2. The van der Waals surface area contributed by atoms with E-state index < -0.39 is 0 Å². The maximum Gasteiger partial charge on any atom is 0.0404 e. The molecule has 4 heteroatoms. The summed E-state index contributed by atoms with van der Waals surface area (Å²) in [5.41, 5.74) is 2.42. The smallest absolute Gasteiger partial charge is 0.0404 e. The van der Waals surface area contributed by atoms with Gasteiger partial charge in [-0.25, -0.2) is 0 Å². The van der Waals surface area contributed by atoms with Gasteiger partial charge in [0.15, 0.2) is 0 Å². The molecule has 0 bridgehead atoms. The fourth-order valence-corrected chi connectivity index (χ4v) is 3.46. The summed E-state index contributed by atoms with van der Waals surface area (Å²) in [6, 6.07) is 13.0. The molecule has 0 amide bonds. The standard InChI is InChI=1S/C20H28N4/c1-3-12-22-18(7-1)9-5-11-20-17-21-14-16-24(20)15-6-10-19-8-2-4-13-23-19/h1-4,7-8,12-13,20-21H,5-6,9-11,14-17H2. The first kappa shape index (κ1) is 17.1. The van der Waals surface area contributed by atoms with Crippen LogP contribution in [0.25, 0.3) is 0 Å².